The molecule has 0 radical (unpaired) electrons. The van der Waals surface area contributed by atoms with E-state index < -0.39 is 0 Å². The molecule has 1 amide bonds. The second kappa shape index (κ2) is 5.32. The Hall–Kier alpha value is -1.37. The Bertz CT molecular complexity index is 589. The minimum atomic E-state index is -0.167. The molecule has 0 bridgehead atoms. The van der Waals surface area contributed by atoms with Crippen LogP contribution in [-0.4, -0.2) is 28.9 Å². The van der Waals surface area contributed by atoms with Crippen molar-refractivity contribution < 1.29 is 9.53 Å². The van der Waals surface area contributed by atoms with Crippen molar-refractivity contribution in [1.29, 1.82) is 0 Å². The first-order chi connectivity index (χ1) is 9.22. The van der Waals surface area contributed by atoms with Crippen molar-refractivity contribution in [1.82, 2.24) is 9.78 Å². The summed E-state index contributed by atoms with van der Waals surface area (Å²) < 4.78 is 7.75. The molecule has 1 unspecified atom stereocenters. The molecule has 2 aromatic rings. The van der Waals surface area contributed by atoms with Gasteiger partial charge in [0.2, 0.25) is 0 Å². The number of nitrogens with one attached hydrogen (secondary N) is 1. The Labute approximate surface area is 119 Å². The lowest BCUT2D eigenvalue weighted by molar-refractivity contribution is 0.103. The van der Waals surface area contributed by atoms with Gasteiger partial charge in [-0.2, -0.15) is 5.10 Å². The van der Waals surface area contributed by atoms with Crippen LogP contribution in [-0.2, 0) is 4.74 Å². The van der Waals surface area contributed by atoms with Crippen LogP contribution < -0.4 is 5.32 Å². The summed E-state index contributed by atoms with van der Waals surface area (Å²) in [6.07, 6.45) is 4.42. The first-order valence-electron chi connectivity index (χ1n) is 5.91. The van der Waals surface area contributed by atoms with Crippen molar-refractivity contribution in [3.05, 3.63) is 33.7 Å². The molecule has 0 spiro atoms. The van der Waals surface area contributed by atoms with Gasteiger partial charge in [-0.15, -0.1) is 11.3 Å². The number of aromatic nitrogens is 2. The average molecular weight is 298 g/mol. The van der Waals surface area contributed by atoms with E-state index in [1.165, 1.54) is 11.3 Å². The summed E-state index contributed by atoms with van der Waals surface area (Å²) in [6, 6.07) is 3.68. The summed E-state index contributed by atoms with van der Waals surface area (Å²) in [5.74, 6) is -0.167. The molecule has 1 fully saturated rings. The molecule has 1 aliphatic rings. The van der Waals surface area contributed by atoms with Crippen LogP contribution in [0.2, 0.25) is 4.34 Å². The molecule has 0 saturated carbocycles. The van der Waals surface area contributed by atoms with Gasteiger partial charge < -0.3 is 10.1 Å². The molecule has 1 aliphatic heterocycles. The number of nitrogens with zero attached hydrogens (tertiary/aromatic N) is 2. The largest absolute Gasteiger partial charge is 0.379 e. The molecule has 2 aromatic heterocycles. The molecule has 7 heteroatoms. The standard InChI is InChI=1S/C12H12ClN3O2S/c13-11-2-1-10(19-11)12(17)15-8-5-14-16(6-8)9-3-4-18-7-9/h1-2,5-6,9H,3-4,7H2,(H,15,17). The molecule has 5 nitrogen and oxygen atoms in total. The minimum absolute atomic E-state index is 0.167. The highest BCUT2D eigenvalue weighted by atomic mass is 35.5. The molecule has 3 heterocycles. The Morgan fingerprint density at radius 3 is 3.16 bits per heavy atom. The van der Waals surface area contributed by atoms with Crippen LogP contribution in [0.25, 0.3) is 0 Å². The highest BCUT2D eigenvalue weighted by Gasteiger charge is 2.18. The zero-order valence-corrected chi connectivity index (χ0v) is 11.6. The highest BCUT2D eigenvalue weighted by molar-refractivity contribution is 7.18. The number of halogens is 1. The molecule has 1 atom stereocenters. The summed E-state index contributed by atoms with van der Waals surface area (Å²) in [6.45, 7) is 1.44. The first kappa shape index (κ1) is 12.7. The Morgan fingerprint density at radius 1 is 1.58 bits per heavy atom. The third-order valence-electron chi connectivity index (χ3n) is 2.94. The number of rotatable bonds is 3. The summed E-state index contributed by atoms with van der Waals surface area (Å²) in [5.41, 5.74) is 0.682. The second-order valence-corrected chi connectivity index (χ2v) is 6.00. The molecular formula is C12H12ClN3O2S. The van der Waals surface area contributed by atoms with E-state index in [0.717, 1.165) is 13.0 Å². The Balaban J connectivity index is 1.68. The smallest absolute Gasteiger partial charge is 0.265 e. The van der Waals surface area contributed by atoms with Crippen molar-refractivity contribution in [3.63, 3.8) is 0 Å². The highest BCUT2D eigenvalue weighted by Crippen LogP contribution is 2.23. The predicted molar refractivity (Wildman–Crippen MR) is 74.0 cm³/mol. The molecule has 19 heavy (non-hydrogen) atoms. The minimum Gasteiger partial charge on any atom is -0.379 e. The number of hydrogen-bond donors (Lipinski definition) is 1. The second-order valence-electron chi connectivity index (χ2n) is 4.28. The van der Waals surface area contributed by atoms with E-state index in [0.29, 0.717) is 21.5 Å². The van der Waals surface area contributed by atoms with Gasteiger partial charge in [0.05, 0.1) is 33.7 Å². The van der Waals surface area contributed by atoms with E-state index in [4.69, 9.17) is 16.3 Å². The maximum absolute atomic E-state index is 11.9. The lowest BCUT2D eigenvalue weighted by Crippen LogP contribution is -2.10. The van der Waals surface area contributed by atoms with Gasteiger partial charge >= 0.3 is 0 Å². The van der Waals surface area contributed by atoms with Crippen LogP contribution in [0.5, 0.6) is 0 Å². The Kier molecular flexibility index (Phi) is 3.54. The predicted octanol–water partition coefficient (Wildman–Crippen LogP) is 2.81. The quantitative estimate of drug-likeness (QED) is 0.948. The maximum Gasteiger partial charge on any atom is 0.265 e. The zero-order valence-electron chi connectivity index (χ0n) is 10.0. The van der Waals surface area contributed by atoms with Crippen molar-refractivity contribution in [2.24, 2.45) is 0 Å². The third kappa shape index (κ3) is 2.80. The Morgan fingerprint density at radius 2 is 2.47 bits per heavy atom. The van der Waals surface area contributed by atoms with Crippen LogP contribution in [0, 0.1) is 0 Å². The molecule has 0 aromatic carbocycles. The molecule has 3 rings (SSSR count). The van der Waals surface area contributed by atoms with Gasteiger partial charge in [-0.05, 0) is 18.6 Å². The van der Waals surface area contributed by atoms with Gasteiger partial charge in [0.25, 0.3) is 5.91 Å². The van der Waals surface area contributed by atoms with Crippen molar-refractivity contribution >= 4 is 34.5 Å². The topological polar surface area (TPSA) is 56.2 Å². The fraction of sp³-hybridized carbons (Fsp3) is 0.333. The maximum atomic E-state index is 11.9. The van der Waals surface area contributed by atoms with Crippen LogP contribution >= 0.6 is 22.9 Å². The van der Waals surface area contributed by atoms with E-state index in [1.807, 2.05) is 10.9 Å². The van der Waals surface area contributed by atoms with E-state index >= 15 is 0 Å². The fourth-order valence-electron chi connectivity index (χ4n) is 1.96. The van der Waals surface area contributed by atoms with E-state index in [1.54, 1.807) is 18.3 Å². The van der Waals surface area contributed by atoms with E-state index in [-0.39, 0.29) is 11.9 Å². The molecule has 100 valence electrons. The lowest BCUT2D eigenvalue weighted by atomic mass is 10.3. The van der Waals surface area contributed by atoms with E-state index in [9.17, 15) is 4.79 Å². The van der Waals surface area contributed by atoms with Crippen LogP contribution in [0.15, 0.2) is 24.5 Å². The van der Waals surface area contributed by atoms with Gasteiger partial charge in [-0.1, -0.05) is 11.6 Å². The van der Waals surface area contributed by atoms with Crippen LogP contribution in [0.1, 0.15) is 22.1 Å². The number of ether oxygens (including phenoxy) is 1. The van der Waals surface area contributed by atoms with Gasteiger partial charge in [-0.25, -0.2) is 0 Å². The summed E-state index contributed by atoms with van der Waals surface area (Å²) in [7, 11) is 0. The van der Waals surface area contributed by atoms with E-state index in [2.05, 4.69) is 10.4 Å². The number of carbonyl (C=O) groups is 1. The monoisotopic (exact) mass is 297 g/mol. The zero-order chi connectivity index (χ0) is 13.2. The number of amides is 1. The molecule has 1 saturated heterocycles. The number of hydrogen-bond acceptors (Lipinski definition) is 4. The van der Waals surface area contributed by atoms with Gasteiger partial charge in [0.1, 0.15) is 0 Å². The van der Waals surface area contributed by atoms with Gasteiger partial charge in [0.15, 0.2) is 0 Å². The van der Waals surface area contributed by atoms with Crippen molar-refractivity contribution in [3.8, 4) is 0 Å². The SMILES string of the molecule is O=C(Nc1cnn(C2CCOC2)c1)c1ccc(Cl)s1. The number of anilines is 1. The van der Waals surface area contributed by atoms with Crippen LogP contribution in [0.3, 0.4) is 0 Å². The first-order valence-corrected chi connectivity index (χ1v) is 7.10. The third-order valence-corrected chi connectivity index (χ3v) is 4.17. The lowest BCUT2D eigenvalue weighted by Gasteiger charge is -2.06. The molecule has 0 aliphatic carbocycles. The molecule has 1 N–H and O–H groups in total. The normalized spacial score (nSPS) is 18.7. The average Bonchev–Trinajstić information content (AvgIpc) is 3.07. The number of carbonyl (C=O) groups excluding carboxylic acids is 1. The summed E-state index contributed by atoms with van der Waals surface area (Å²) in [5, 5.41) is 7.05. The summed E-state index contributed by atoms with van der Waals surface area (Å²) >= 11 is 7.06. The molecular weight excluding hydrogens is 286 g/mol. The van der Waals surface area contributed by atoms with Crippen molar-refractivity contribution in [2.75, 3.05) is 18.5 Å². The number of thiophene rings is 1. The van der Waals surface area contributed by atoms with Gasteiger partial charge in [0, 0.05) is 12.8 Å². The fourth-order valence-corrected chi connectivity index (χ4v) is 2.90. The summed E-state index contributed by atoms with van der Waals surface area (Å²) in [4.78, 5) is 12.5. The van der Waals surface area contributed by atoms with Gasteiger partial charge in [-0.3, -0.25) is 9.48 Å². The van der Waals surface area contributed by atoms with Crippen molar-refractivity contribution in [2.45, 2.75) is 12.5 Å². The van der Waals surface area contributed by atoms with Crippen LogP contribution in [0.4, 0.5) is 5.69 Å².